The predicted molar refractivity (Wildman–Crippen MR) is 147 cm³/mol. The minimum atomic E-state index is 0.0157. The molecule has 3 aromatic rings. The van der Waals surface area contributed by atoms with E-state index in [1.54, 1.807) is 0 Å². The molecule has 0 spiro atoms. The van der Waals surface area contributed by atoms with Crippen LogP contribution in [0.25, 0.3) is 23.0 Å². The molecule has 5 rings (SSSR count). The molecule has 1 aromatic heterocycles. The summed E-state index contributed by atoms with van der Waals surface area (Å²) in [7, 11) is 0. The second-order valence-corrected chi connectivity index (χ2v) is 10.6. The molecule has 1 saturated carbocycles. The number of rotatable bonds is 8. The number of hydrogen-bond donors (Lipinski definition) is 0. The number of carbonyl (C=O) groups is 1. The van der Waals surface area contributed by atoms with Crippen LogP contribution in [-0.4, -0.2) is 37.6 Å². The zero-order valence-corrected chi connectivity index (χ0v) is 21.5. The van der Waals surface area contributed by atoms with Crippen LogP contribution in [0.15, 0.2) is 65.7 Å². The van der Waals surface area contributed by atoms with Crippen molar-refractivity contribution < 1.29 is 9.53 Å². The molecule has 2 fully saturated rings. The summed E-state index contributed by atoms with van der Waals surface area (Å²) in [6.07, 6.45) is 10.4. The molecule has 35 heavy (non-hydrogen) atoms. The molecule has 7 heteroatoms. The molecule has 1 aliphatic carbocycles. The molecule has 2 aromatic carbocycles. The molecule has 2 heterocycles. The van der Waals surface area contributed by atoms with Crippen molar-refractivity contribution in [2.24, 2.45) is 0 Å². The zero-order valence-electron chi connectivity index (χ0n) is 19.9. The molecule has 0 atom stereocenters. The minimum Gasteiger partial charge on any atom is -0.494 e. The van der Waals surface area contributed by atoms with E-state index < -0.39 is 0 Å². The maximum absolute atomic E-state index is 13.3. The SMILES string of the molecule is CCCCOc1cccc(-c2nn(-c3ccccc3)cc2/C=C2\SC(=S)N(C3CCCC3)C2=O)c1. The standard InChI is InChI=1S/C28H29N3O2S2/c1-2-3-16-33-24-15-9-10-20(17-24)26-21(19-30(29-26)22-11-5-4-6-12-22)18-25-27(32)31(28(34)35-25)23-13-7-8-14-23/h4-6,9-12,15,17-19,23H,2-3,7-8,13-14,16H2,1H3/b25-18-. The zero-order chi connectivity index (χ0) is 24.2. The Balaban J connectivity index is 1.52. The Morgan fingerprint density at radius 2 is 1.94 bits per heavy atom. The highest BCUT2D eigenvalue weighted by atomic mass is 32.2. The largest absolute Gasteiger partial charge is 0.494 e. The number of benzene rings is 2. The molecular formula is C28H29N3O2S2. The Bertz CT molecular complexity index is 1250. The lowest BCUT2D eigenvalue weighted by Gasteiger charge is -2.21. The number of amides is 1. The Kier molecular flexibility index (Phi) is 7.35. The quantitative estimate of drug-likeness (QED) is 0.191. The summed E-state index contributed by atoms with van der Waals surface area (Å²) in [5, 5.41) is 4.92. The maximum Gasteiger partial charge on any atom is 0.266 e. The van der Waals surface area contributed by atoms with Crippen molar-refractivity contribution in [2.45, 2.75) is 51.5 Å². The van der Waals surface area contributed by atoms with Crippen LogP contribution in [0.4, 0.5) is 0 Å². The summed E-state index contributed by atoms with van der Waals surface area (Å²) >= 11 is 7.01. The van der Waals surface area contributed by atoms with Crippen LogP contribution in [0.2, 0.25) is 0 Å². The van der Waals surface area contributed by atoms with E-state index in [9.17, 15) is 4.79 Å². The fourth-order valence-corrected chi connectivity index (χ4v) is 5.99. The van der Waals surface area contributed by atoms with Crippen LogP contribution in [0.3, 0.4) is 0 Å². The highest BCUT2D eigenvalue weighted by molar-refractivity contribution is 8.26. The maximum atomic E-state index is 13.3. The minimum absolute atomic E-state index is 0.0157. The van der Waals surface area contributed by atoms with Crippen molar-refractivity contribution in [2.75, 3.05) is 6.61 Å². The first-order chi connectivity index (χ1) is 17.1. The Hall–Kier alpha value is -2.90. The molecule has 1 amide bonds. The Labute approximate surface area is 216 Å². The number of hydrogen-bond acceptors (Lipinski definition) is 5. The van der Waals surface area contributed by atoms with E-state index in [-0.39, 0.29) is 11.9 Å². The van der Waals surface area contributed by atoms with E-state index in [1.165, 1.54) is 11.8 Å². The summed E-state index contributed by atoms with van der Waals surface area (Å²) in [4.78, 5) is 15.8. The van der Waals surface area contributed by atoms with E-state index in [0.29, 0.717) is 15.8 Å². The van der Waals surface area contributed by atoms with Crippen LogP contribution >= 0.6 is 24.0 Å². The van der Waals surface area contributed by atoms with E-state index in [4.69, 9.17) is 22.1 Å². The molecular weight excluding hydrogens is 474 g/mol. The lowest BCUT2D eigenvalue weighted by molar-refractivity contribution is -0.123. The number of carbonyl (C=O) groups excluding carboxylic acids is 1. The molecule has 1 saturated heterocycles. The van der Waals surface area contributed by atoms with Gasteiger partial charge >= 0.3 is 0 Å². The lowest BCUT2D eigenvalue weighted by atomic mass is 10.1. The van der Waals surface area contributed by atoms with Crippen LogP contribution in [-0.2, 0) is 4.79 Å². The number of aromatic nitrogens is 2. The third-order valence-corrected chi connectivity index (χ3v) is 7.77. The van der Waals surface area contributed by atoms with Gasteiger partial charge in [0.05, 0.1) is 17.2 Å². The highest BCUT2D eigenvalue weighted by Gasteiger charge is 2.38. The first-order valence-corrected chi connectivity index (χ1v) is 13.5. The summed E-state index contributed by atoms with van der Waals surface area (Å²) in [6.45, 7) is 2.84. The van der Waals surface area contributed by atoms with Gasteiger partial charge in [0.2, 0.25) is 0 Å². The molecule has 0 radical (unpaired) electrons. The average molecular weight is 504 g/mol. The number of nitrogens with zero attached hydrogens (tertiary/aromatic N) is 3. The molecule has 5 nitrogen and oxygen atoms in total. The summed E-state index contributed by atoms with van der Waals surface area (Å²) in [5.41, 5.74) is 3.60. The summed E-state index contributed by atoms with van der Waals surface area (Å²) < 4.78 is 8.47. The third-order valence-electron chi connectivity index (χ3n) is 6.44. The molecule has 180 valence electrons. The van der Waals surface area contributed by atoms with Gasteiger partial charge in [-0.25, -0.2) is 4.68 Å². The van der Waals surface area contributed by atoms with E-state index in [0.717, 1.165) is 66.8 Å². The molecule has 0 bridgehead atoms. The fraction of sp³-hybridized carbons (Fsp3) is 0.321. The van der Waals surface area contributed by atoms with Gasteiger partial charge < -0.3 is 4.74 Å². The van der Waals surface area contributed by atoms with Crippen LogP contribution in [0.5, 0.6) is 5.75 Å². The number of thiocarbonyl (C=S) groups is 1. The first-order valence-electron chi connectivity index (χ1n) is 12.3. The van der Waals surface area contributed by atoms with Gasteiger partial charge in [-0.05, 0) is 49.6 Å². The number of ether oxygens (including phenoxy) is 1. The molecule has 0 N–H and O–H groups in total. The van der Waals surface area contributed by atoms with Crippen molar-refractivity contribution in [1.82, 2.24) is 14.7 Å². The van der Waals surface area contributed by atoms with E-state index in [2.05, 4.69) is 6.92 Å². The van der Waals surface area contributed by atoms with E-state index >= 15 is 0 Å². The van der Waals surface area contributed by atoms with Crippen molar-refractivity contribution in [1.29, 1.82) is 0 Å². The smallest absolute Gasteiger partial charge is 0.266 e. The highest BCUT2D eigenvalue weighted by Crippen LogP contribution is 2.39. The van der Waals surface area contributed by atoms with Crippen LogP contribution in [0.1, 0.15) is 51.0 Å². The van der Waals surface area contributed by atoms with Crippen LogP contribution in [0, 0.1) is 0 Å². The first kappa shape index (κ1) is 23.8. The van der Waals surface area contributed by atoms with Gasteiger partial charge in [-0.2, -0.15) is 5.10 Å². The monoisotopic (exact) mass is 503 g/mol. The molecule has 1 aliphatic heterocycles. The van der Waals surface area contributed by atoms with E-state index in [1.807, 2.05) is 76.5 Å². The van der Waals surface area contributed by atoms with Gasteiger partial charge in [0.25, 0.3) is 5.91 Å². The van der Waals surface area contributed by atoms with Gasteiger partial charge in [-0.1, -0.05) is 80.5 Å². The summed E-state index contributed by atoms with van der Waals surface area (Å²) in [6, 6.07) is 18.3. The average Bonchev–Trinajstić information content (AvgIpc) is 3.60. The van der Waals surface area contributed by atoms with Gasteiger partial charge in [0.1, 0.15) is 15.8 Å². The summed E-state index contributed by atoms with van der Waals surface area (Å²) in [5.74, 6) is 0.839. The Morgan fingerprint density at radius 1 is 1.14 bits per heavy atom. The topological polar surface area (TPSA) is 47.4 Å². The number of thioether (sulfide) groups is 1. The predicted octanol–water partition coefficient (Wildman–Crippen LogP) is 6.86. The number of unbranched alkanes of at least 4 members (excludes halogenated alkanes) is 1. The lowest BCUT2D eigenvalue weighted by Crippen LogP contribution is -2.36. The molecule has 2 aliphatic rings. The van der Waals surface area contributed by atoms with Gasteiger partial charge in [-0.15, -0.1) is 0 Å². The second-order valence-electron chi connectivity index (χ2n) is 8.93. The van der Waals surface area contributed by atoms with Gasteiger partial charge in [0, 0.05) is 23.4 Å². The van der Waals surface area contributed by atoms with Crippen molar-refractivity contribution >= 4 is 40.3 Å². The van der Waals surface area contributed by atoms with Crippen LogP contribution < -0.4 is 4.74 Å². The molecule has 0 unspecified atom stereocenters. The van der Waals surface area contributed by atoms with Crippen molar-refractivity contribution in [3.05, 3.63) is 71.3 Å². The number of para-hydroxylation sites is 1. The van der Waals surface area contributed by atoms with Gasteiger partial charge in [0.15, 0.2) is 0 Å². The normalized spacial score (nSPS) is 17.6. The Morgan fingerprint density at radius 3 is 2.71 bits per heavy atom. The third kappa shape index (κ3) is 5.21. The van der Waals surface area contributed by atoms with Crippen molar-refractivity contribution in [3.8, 4) is 22.7 Å². The van der Waals surface area contributed by atoms with Crippen molar-refractivity contribution in [3.63, 3.8) is 0 Å². The van der Waals surface area contributed by atoms with Gasteiger partial charge in [-0.3, -0.25) is 9.69 Å². The second kappa shape index (κ2) is 10.8. The fourth-order valence-electron chi connectivity index (χ4n) is 4.60.